The molecule has 3 N–H and O–H groups in total. The summed E-state index contributed by atoms with van der Waals surface area (Å²) < 4.78 is 27.0. The monoisotopic (exact) mass is 350 g/mol. The summed E-state index contributed by atoms with van der Waals surface area (Å²) in [4.78, 5) is 0.199. The van der Waals surface area contributed by atoms with E-state index < -0.39 is 10.0 Å². The summed E-state index contributed by atoms with van der Waals surface area (Å²) >= 11 is 4.82. The molecule has 1 rings (SSSR count). The van der Waals surface area contributed by atoms with E-state index in [-0.39, 0.29) is 4.90 Å². The van der Waals surface area contributed by atoms with Crippen molar-refractivity contribution >= 4 is 43.4 Å². The summed E-state index contributed by atoms with van der Waals surface area (Å²) in [6.07, 6.45) is 1.79. The summed E-state index contributed by atoms with van der Waals surface area (Å²) in [5, 5.41) is 0. The Morgan fingerprint density at radius 3 is 2.83 bits per heavy atom. The van der Waals surface area contributed by atoms with E-state index in [0.717, 1.165) is 5.75 Å². The molecule has 100 valence electrons. The van der Waals surface area contributed by atoms with Crippen molar-refractivity contribution < 1.29 is 8.42 Å². The minimum absolute atomic E-state index is 0.199. The van der Waals surface area contributed by atoms with Crippen molar-refractivity contribution in [2.24, 2.45) is 0 Å². The van der Waals surface area contributed by atoms with E-state index in [1.807, 2.05) is 0 Å². The van der Waals surface area contributed by atoms with Crippen molar-refractivity contribution in [3.63, 3.8) is 0 Å². The van der Waals surface area contributed by atoms with Gasteiger partial charge in [-0.05, 0) is 34.1 Å². The van der Waals surface area contributed by atoms with E-state index in [4.69, 9.17) is 5.73 Å². The van der Waals surface area contributed by atoms with Crippen LogP contribution in [0.5, 0.6) is 0 Å². The zero-order valence-electron chi connectivity index (χ0n) is 9.73. The first-order chi connectivity index (χ1) is 8.47. The molecule has 0 atom stereocenters. The summed E-state index contributed by atoms with van der Waals surface area (Å²) in [7, 11) is -3.49. The molecule has 18 heavy (non-hydrogen) atoms. The van der Waals surface area contributed by atoms with E-state index in [9.17, 15) is 8.42 Å². The maximum atomic E-state index is 12.0. The van der Waals surface area contributed by atoms with Gasteiger partial charge in [0.1, 0.15) is 0 Å². The van der Waals surface area contributed by atoms with Crippen LogP contribution in [-0.4, -0.2) is 26.5 Å². The fourth-order valence-corrected chi connectivity index (χ4v) is 4.06. The van der Waals surface area contributed by atoms with E-state index in [1.165, 1.54) is 6.07 Å². The maximum absolute atomic E-state index is 12.0. The molecular weight excluding hydrogens is 336 g/mol. The van der Waals surface area contributed by atoms with Crippen LogP contribution in [0.15, 0.2) is 40.2 Å². The van der Waals surface area contributed by atoms with Gasteiger partial charge in [0.15, 0.2) is 0 Å². The molecule has 0 bridgehead atoms. The van der Waals surface area contributed by atoms with Crippen LogP contribution in [0.1, 0.15) is 0 Å². The smallest absolute Gasteiger partial charge is 0.241 e. The number of hydrogen-bond acceptors (Lipinski definition) is 4. The third kappa shape index (κ3) is 4.64. The molecule has 4 nitrogen and oxygen atoms in total. The Bertz CT molecular complexity index is 518. The second kappa shape index (κ2) is 7.18. The number of anilines is 1. The van der Waals surface area contributed by atoms with E-state index in [0.29, 0.717) is 22.5 Å². The largest absolute Gasteiger partial charge is 0.399 e. The van der Waals surface area contributed by atoms with Gasteiger partial charge in [-0.25, -0.2) is 13.1 Å². The first-order valence-electron chi connectivity index (χ1n) is 5.20. The van der Waals surface area contributed by atoms with Gasteiger partial charge in [0.2, 0.25) is 10.0 Å². The van der Waals surface area contributed by atoms with Crippen molar-refractivity contribution in [2.45, 2.75) is 4.90 Å². The summed E-state index contributed by atoms with van der Waals surface area (Å²) in [5.41, 5.74) is 6.08. The molecule has 0 aliphatic carbocycles. The Morgan fingerprint density at radius 2 is 2.22 bits per heavy atom. The first kappa shape index (κ1) is 15.6. The molecule has 0 saturated heterocycles. The molecule has 7 heteroatoms. The van der Waals surface area contributed by atoms with Gasteiger partial charge in [-0.3, -0.25) is 0 Å². The Morgan fingerprint density at radius 1 is 1.50 bits per heavy atom. The number of hydrogen-bond donors (Lipinski definition) is 2. The van der Waals surface area contributed by atoms with Crippen molar-refractivity contribution in [2.75, 3.05) is 23.8 Å². The Balaban J connectivity index is 2.65. The Hall–Kier alpha value is -0.500. The molecule has 1 aromatic rings. The molecule has 0 spiro atoms. The van der Waals surface area contributed by atoms with Gasteiger partial charge < -0.3 is 5.73 Å². The second-order valence-electron chi connectivity index (χ2n) is 3.45. The molecule has 0 aromatic heterocycles. The lowest BCUT2D eigenvalue weighted by atomic mass is 10.3. The van der Waals surface area contributed by atoms with E-state index >= 15 is 0 Å². The Kier molecular flexibility index (Phi) is 6.20. The highest BCUT2D eigenvalue weighted by Crippen LogP contribution is 2.23. The van der Waals surface area contributed by atoms with E-state index in [1.54, 1.807) is 30.0 Å². The van der Waals surface area contributed by atoms with Crippen molar-refractivity contribution in [1.29, 1.82) is 0 Å². The molecule has 0 fully saturated rings. The molecule has 0 aliphatic rings. The molecule has 0 radical (unpaired) electrons. The Labute approximate surface area is 120 Å². The van der Waals surface area contributed by atoms with Crippen LogP contribution in [0, 0.1) is 0 Å². The lowest BCUT2D eigenvalue weighted by molar-refractivity contribution is 0.584. The van der Waals surface area contributed by atoms with Crippen LogP contribution in [0.3, 0.4) is 0 Å². The number of benzene rings is 1. The van der Waals surface area contributed by atoms with Crippen LogP contribution in [0.4, 0.5) is 5.69 Å². The number of nitrogens with one attached hydrogen (secondary N) is 1. The average molecular weight is 351 g/mol. The fraction of sp³-hybridized carbons (Fsp3) is 0.273. The highest BCUT2D eigenvalue weighted by Gasteiger charge is 2.16. The molecule has 0 amide bonds. The summed E-state index contributed by atoms with van der Waals surface area (Å²) in [5.74, 6) is 1.52. The van der Waals surface area contributed by atoms with Gasteiger partial charge >= 0.3 is 0 Å². The van der Waals surface area contributed by atoms with Crippen molar-refractivity contribution in [3.8, 4) is 0 Å². The van der Waals surface area contributed by atoms with E-state index in [2.05, 4.69) is 27.2 Å². The SMILES string of the molecule is C=CCSCCNS(=O)(=O)c1ccc(N)cc1Br. The van der Waals surface area contributed by atoms with Crippen molar-refractivity contribution in [3.05, 3.63) is 35.3 Å². The van der Waals surface area contributed by atoms with Gasteiger partial charge in [-0.2, -0.15) is 11.8 Å². The summed E-state index contributed by atoms with van der Waals surface area (Å²) in [6, 6.07) is 4.62. The molecule has 1 aromatic carbocycles. The second-order valence-corrected chi connectivity index (χ2v) is 7.19. The summed E-state index contributed by atoms with van der Waals surface area (Å²) in [6.45, 7) is 3.98. The third-order valence-electron chi connectivity index (χ3n) is 2.02. The van der Waals surface area contributed by atoms with Gasteiger partial charge in [-0.15, -0.1) is 6.58 Å². The topological polar surface area (TPSA) is 72.2 Å². The third-order valence-corrected chi connectivity index (χ3v) is 5.42. The zero-order chi connectivity index (χ0) is 13.6. The molecule has 0 unspecified atom stereocenters. The average Bonchev–Trinajstić information content (AvgIpc) is 2.28. The van der Waals surface area contributed by atoms with Crippen molar-refractivity contribution in [1.82, 2.24) is 4.72 Å². The van der Waals surface area contributed by atoms with Gasteiger partial charge in [0.05, 0.1) is 4.90 Å². The number of nitrogen functional groups attached to an aromatic ring is 1. The fourth-order valence-electron chi connectivity index (χ4n) is 1.23. The highest BCUT2D eigenvalue weighted by molar-refractivity contribution is 9.10. The van der Waals surface area contributed by atoms with Gasteiger partial charge in [0.25, 0.3) is 0 Å². The molecule has 0 heterocycles. The molecule has 0 saturated carbocycles. The van der Waals surface area contributed by atoms with Crippen LogP contribution >= 0.6 is 27.7 Å². The van der Waals surface area contributed by atoms with Crippen LogP contribution in [0.25, 0.3) is 0 Å². The van der Waals surface area contributed by atoms with Crippen LogP contribution in [-0.2, 0) is 10.0 Å². The number of nitrogens with two attached hydrogens (primary N) is 1. The number of thioether (sulfide) groups is 1. The zero-order valence-corrected chi connectivity index (χ0v) is 12.9. The normalized spacial score (nSPS) is 11.4. The number of halogens is 1. The van der Waals surface area contributed by atoms with Crippen LogP contribution in [0.2, 0.25) is 0 Å². The predicted octanol–water partition coefficient (Wildman–Crippen LogP) is 2.23. The highest BCUT2D eigenvalue weighted by atomic mass is 79.9. The number of rotatable bonds is 7. The van der Waals surface area contributed by atoms with Crippen LogP contribution < -0.4 is 10.5 Å². The minimum Gasteiger partial charge on any atom is -0.399 e. The standard InChI is InChI=1S/C11H15BrN2O2S2/c1-2-6-17-7-5-14-18(15,16)11-4-3-9(13)8-10(11)12/h2-4,8,14H,1,5-7,13H2. The quantitative estimate of drug-likeness (QED) is 0.449. The first-order valence-corrected chi connectivity index (χ1v) is 8.64. The minimum atomic E-state index is -3.49. The maximum Gasteiger partial charge on any atom is 0.241 e. The molecular formula is C11H15BrN2O2S2. The predicted molar refractivity (Wildman–Crippen MR) is 81.3 cm³/mol. The number of sulfonamides is 1. The van der Waals surface area contributed by atoms with Gasteiger partial charge in [0, 0.05) is 28.2 Å². The van der Waals surface area contributed by atoms with Gasteiger partial charge in [-0.1, -0.05) is 6.08 Å². The lowest BCUT2D eigenvalue weighted by Gasteiger charge is -2.08. The lowest BCUT2D eigenvalue weighted by Crippen LogP contribution is -2.26. The molecule has 0 aliphatic heterocycles.